The van der Waals surface area contributed by atoms with Crippen LogP contribution in [0.5, 0.6) is 0 Å². The first-order valence-corrected chi connectivity index (χ1v) is 11.2. The largest absolute Gasteiger partial charge is 0.372 e. The van der Waals surface area contributed by atoms with Gasteiger partial charge in [-0.15, -0.1) is 10.2 Å². The van der Waals surface area contributed by atoms with Crippen LogP contribution in [-0.4, -0.2) is 44.3 Å². The number of nitro groups is 1. The normalized spacial score (nSPS) is 10.8. The second-order valence-corrected chi connectivity index (χ2v) is 7.73. The Labute approximate surface area is 185 Å². The molecule has 1 heterocycles. The van der Waals surface area contributed by atoms with E-state index in [1.807, 2.05) is 23.6 Å². The van der Waals surface area contributed by atoms with Gasteiger partial charge in [-0.25, -0.2) is 0 Å². The van der Waals surface area contributed by atoms with Crippen LogP contribution in [0, 0.1) is 10.1 Å². The molecule has 0 spiro atoms. The SMILES string of the molecule is CCN(CC)c1ccc(-c2nnc(SCC(=O)c3cccc([N+](=O)[O-])c3)n2CC)cc1. The Morgan fingerprint density at radius 2 is 1.81 bits per heavy atom. The van der Waals surface area contributed by atoms with E-state index in [1.54, 1.807) is 6.07 Å². The summed E-state index contributed by atoms with van der Waals surface area (Å²) in [4.78, 5) is 25.2. The highest BCUT2D eigenvalue weighted by atomic mass is 32.2. The lowest BCUT2D eigenvalue weighted by Gasteiger charge is -2.21. The molecular weight excluding hydrogens is 414 g/mol. The molecule has 3 rings (SSSR count). The maximum Gasteiger partial charge on any atom is 0.270 e. The Bertz CT molecular complexity index is 1060. The van der Waals surface area contributed by atoms with Gasteiger partial charge in [0.05, 0.1) is 10.7 Å². The van der Waals surface area contributed by atoms with Gasteiger partial charge in [-0.05, 0) is 45.0 Å². The Morgan fingerprint density at radius 1 is 1.10 bits per heavy atom. The number of Topliss-reactive ketones (excluding diaryl/α,β-unsaturated/α-hetero) is 1. The number of carbonyl (C=O) groups is 1. The molecule has 0 saturated carbocycles. The van der Waals surface area contributed by atoms with Gasteiger partial charge >= 0.3 is 0 Å². The molecule has 0 bridgehead atoms. The molecule has 1 aromatic heterocycles. The molecular formula is C22H25N5O3S. The van der Waals surface area contributed by atoms with Crippen molar-refractivity contribution in [1.82, 2.24) is 14.8 Å². The van der Waals surface area contributed by atoms with E-state index in [0.29, 0.717) is 17.3 Å². The van der Waals surface area contributed by atoms with Gasteiger partial charge in [-0.3, -0.25) is 14.9 Å². The summed E-state index contributed by atoms with van der Waals surface area (Å²) in [7, 11) is 0. The highest BCUT2D eigenvalue weighted by Crippen LogP contribution is 2.27. The zero-order chi connectivity index (χ0) is 22.4. The van der Waals surface area contributed by atoms with Crippen LogP contribution < -0.4 is 4.90 Å². The van der Waals surface area contributed by atoms with Gasteiger partial charge in [-0.1, -0.05) is 23.9 Å². The molecule has 31 heavy (non-hydrogen) atoms. The monoisotopic (exact) mass is 439 g/mol. The second kappa shape index (κ2) is 10.2. The number of thioether (sulfide) groups is 1. The molecule has 0 saturated heterocycles. The van der Waals surface area contributed by atoms with Gasteiger partial charge in [0.2, 0.25) is 0 Å². The van der Waals surface area contributed by atoms with E-state index in [-0.39, 0.29) is 17.2 Å². The molecule has 0 atom stereocenters. The van der Waals surface area contributed by atoms with Crippen molar-refractivity contribution in [2.75, 3.05) is 23.7 Å². The van der Waals surface area contributed by atoms with Crippen LogP contribution in [-0.2, 0) is 6.54 Å². The smallest absolute Gasteiger partial charge is 0.270 e. The van der Waals surface area contributed by atoms with E-state index in [9.17, 15) is 14.9 Å². The number of ketones is 1. The number of hydrogen-bond acceptors (Lipinski definition) is 7. The molecule has 3 aromatic rings. The summed E-state index contributed by atoms with van der Waals surface area (Å²) < 4.78 is 1.97. The highest BCUT2D eigenvalue weighted by molar-refractivity contribution is 7.99. The Balaban J connectivity index is 1.75. The molecule has 0 radical (unpaired) electrons. The third kappa shape index (κ3) is 5.11. The number of hydrogen-bond donors (Lipinski definition) is 0. The predicted octanol–water partition coefficient (Wildman–Crippen LogP) is 4.69. The van der Waals surface area contributed by atoms with Gasteiger partial charge in [0.25, 0.3) is 5.69 Å². The minimum atomic E-state index is -0.505. The summed E-state index contributed by atoms with van der Waals surface area (Å²) in [6.07, 6.45) is 0. The highest BCUT2D eigenvalue weighted by Gasteiger charge is 2.17. The maximum absolute atomic E-state index is 12.5. The van der Waals surface area contributed by atoms with Crippen molar-refractivity contribution >= 4 is 28.9 Å². The van der Waals surface area contributed by atoms with Crippen LogP contribution in [0.2, 0.25) is 0 Å². The topological polar surface area (TPSA) is 94.2 Å². The number of rotatable bonds is 10. The van der Waals surface area contributed by atoms with Gasteiger partial charge < -0.3 is 9.47 Å². The average molecular weight is 440 g/mol. The molecule has 0 fully saturated rings. The van der Waals surface area contributed by atoms with E-state index in [0.717, 1.165) is 30.2 Å². The van der Waals surface area contributed by atoms with E-state index in [2.05, 4.69) is 41.1 Å². The molecule has 2 aromatic carbocycles. The first-order chi connectivity index (χ1) is 15.0. The third-order valence-electron chi connectivity index (χ3n) is 5.00. The van der Waals surface area contributed by atoms with Crippen molar-refractivity contribution in [2.24, 2.45) is 0 Å². The van der Waals surface area contributed by atoms with Crippen LogP contribution >= 0.6 is 11.8 Å². The van der Waals surface area contributed by atoms with Gasteiger partial charge in [0, 0.05) is 48.6 Å². The average Bonchev–Trinajstić information content (AvgIpc) is 3.21. The Hall–Kier alpha value is -3.20. The number of carbonyl (C=O) groups excluding carboxylic acids is 1. The standard InChI is InChI=1S/C22H25N5O3S/c1-4-25(5-2)18-12-10-16(11-13-18)21-23-24-22(26(21)6-3)31-15-20(28)17-8-7-9-19(14-17)27(29)30/h7-14H,4-6,15H2,1-3H3. The van der Waals surface area contributed by atoms with Gasteiger partial charge in [-0.2, -0.15) is 0 Å². The van der Waals surface area contributed by atoms with Crippen LogP contribution in [0.15, 0.2) is 53.7 Å². The molecule has 9 heteroatoms. The molecule has 0 aliphatic carbocycles. The molecule has 0 unspecified atom stereocenters. The van der Waals surface area contributed by atoms with Crippen molar-refractivity contribution in [3.63, 3.8) is 0 Å². The number of aromatic nitrogens is 3. The van der Waals surface area contributed by atoms with E-state index >= 15 is 0 Å². The third-order valence-corrected chi connectivity index (χ3v) is 5.97. The number of nitrogens with zero attached hydrogens (tertiary/aromatic N) is 5. The zero-order valence-corrected chi connectivity index (χ0v) is 18.6. The maximum atomic E-state index is 12.5. The van der Waals surface area contributed by atoms with Crippen molar-refractivity contribution in [3.05, 3.63) is 64.2 Å². The lowest BCUT2D eigenvalue weighted by Crippen LogP contribution is -2.21. The van der Waals surface area contributed by atoms with Crippen molar-refractivity contribution < 1.29 is 9.72 Å². The molecule has 0 aliphatic heterocycles. The van der Waals surface area contributed by atoms with E-state index in [4.69, 9.17) is 0 Å². The summed E-state index contributed by atoms with van der Waals surface area (Å²) in [6, 6.07) is 14.0. The molecule has 0 amide bonds. The molecule has 8 nitrogen and oxygen atoms in total. The second-order valence-electron chi connectivity index (χ2n) is 6.79. The van der Waals surface area contributed by atoms with Crippen LogP contribution in [0.1, 0.15) is 31.1 Å². The quantitative estimate of drug-likeness (QED) is 0.196. The Kier molecular flexibility index (Phi) is 7.41. The number of anilines is 1. The summed E-state index contributed by atoms with van der Waals surface area (Å²) >= 11 is 1.28. The first-order valence-electron chi connectivity index (χ1n) is 10.2. The van der Waals surface area contributed by atoms with Crippen molar-refractivity contribution in [1.29, 1.82) is 0 Å². The summed E-state index contributed by atoms with van der Waals surface area (Å²) in [6.45, 7) is 8.81. The first kappa shape index (κ1) is 22.5. The lowest BCUT2D eigenvalue weighted by molar-refractivity contribution is -0.384. The lowest BCUT2D eigenvalue weighted by atomic mass is 10.1. The van der Waals surface area contributed by atoms with Gasteiger partial charge in [0.15, 0.2) is 16.8 Å². The number of benzene rings is 2. The van der Waals surface area contributed by atoms with Crippen molar-refractivity contribution in [2.45, 2.75) is 32.5 Å². The minimum Gasteiger partial charge on any atom is -0.372 e. The molecule has 0 N–H and O–H groups in total. The zero-order valence-electron chi connectivity index (χ0n) is 17.8. The summed E-state index contributed by atoms with van der Waals surface area (Å²) in [5, 5.41) is 20.2. The van der Waals surface area contributed by atoms with Crippen molar-refractivity contribution in [3.8, 4) is 11.4 Å². The summed E-state index contributed by atoms with van der Waals surface area (Å²) in [5.74, 6) is 0.684. The fourth-order valence-electron chi connectivity index (χ4n) is 3.31. The van der Waals surface area contributed by atoms with Crippen LogP contribution in [0.4, 0.5) is 11.4 Å². The molecule has 0 aliphatic rings. The number of nitro benzene ring substituents is 1. The van der Waals surface area contributed by atoms with Crippen LogP contribution in [0.3, 0.4) is 0 Å². The van der Waals surface area contributed by atoms with Crippen LogP contribution in [0.25, 0.3) is 11.4 Å². The van der Waals surface area contributed by atoms with E-state index < -0.39 is 4.92 Å². The summed E-state index contributed by atoms with van der Waals surface area (Å²) in [5.41, 5.74) is 2.34. The predicted molar refractivity (Wildman–Crippen MR) is 123 cm³/mol. The minimum absolute atomic E-state index is 0.0944. The van der Waals surface area contributed by atoms with E-state index in [1.165, 1.54) is 30.0 Å². The number of non-ortho nitro benzene ring substituents is 1. The van der Waals surface area contributed by atoms with Gasteiger partial charge in [0.1, 0.15) is 0 Å². The fraction of sp³-hybridized carbons (Fsp3) is 0.318. The Morgan fingerprint density at radius 3 is 2.42 bits per heavy atom. The molecule has 162 valence electrons. The fourth-order valence-corrected chi connectivity index (χ4v) is 4.21.